The fourth-order valence-electron chi connectivity index (χ4n) is 1.11. The molecule has 5 heteroatoms. The fraction of sp³-hybridized carbons (Fsp3) is 0.778. The van der Waals surface area contributed by atoms with Gasteiger partial charge in [0.25, 0.3) is 0 Å². The van der Waals surface area contributed by atoms with Gasteiger partial charge in [0.2, 0.25) is 5.13 Å². The largest absolute Gasteiger partial charge is 0.350 e. The van der Waals surface area contributed by atoms with Gasteiger partial charge in [-0.05, 0) is 12.3 Å². The van der Waals surface area contributed by atoms with Crippen LogP contribution in [0.4, 0.5) is 5.13 Å². The first kappa shape index (κ1) is 11.4. The van der Waals surface area contributed by atoms with E-state index in [1.165, 1.54) is 0 Å². The maximum Gasteiger partial charge on any atom is 0.207 e. The molecule has 80 valence electrons. The lowest BCUT2D eigenvalue weighted by Gasteiger charge is -2.20. The van der Waals surface area contributed by atoms with Crippen molar-refractivity contribution in [1.82, 2.24) is 10.2 Å². The molecule has 1 unspecified atom stereocenters. The fourth-order valence-corrected chi connectivity index (χ4v) is 1.66. The molecule has 0 aliphatic heterocycles. The van der Waals surface area contributed by atoms with Crippen LogP contribution >= 0.6 is 11.3 Å². The maximum absolute atomic E-state index is 5.96. The third-order valence-corrected chi connectivity index (χ3v) is 3.13. The van der Waals surface area contributed by atoms with Crippen LogP contribution < -0.4 is 10.6 Å². The van der Waals surface area contributed by atoms with Crippen molar-refractivity contribution in [2.45, 2.75) is 26.3 Å². The van der Waals surface area contributed by atoms with Gasteiger partial charge < -0.3 is 10.6 Å². The van der Waals surface area contributed by atoms with Crippen molar-refractivity contribution in [3.63, 3.8) is 0 Å². The first-order valence-corrected chi connectivity index (χ1v) is 5.72. The predicted molar refractivity (Wildman–Crippen MR) is 60.6 cm³/mol. The number of aromatic nitrogens is 2. The highest BCUT2D eigenvalue weighted by Gasteiger charge is 2.10. The number of anilines is 1. The second-order valence-electron chi connectivity index (χ2n) is 3.84. The highest BCUT2D eigenvalue weighted by Crippen LogP contribution is 2.14. The Labute approximate surface area is 89.1 Å². The van der Waals surface area contributed by atoms with Gasteiger partial charge in [0.1, 0.15) is 5.51 Å². The molecule has 0 fully saturated rings. The van der Waals surface area contributed by atoms with E-state index in [4.69, 9.17) is 5.73 Å². The second-order valence-corrected chi connectivity index (χ2v) is 4.65. The summed E-state index contributed by atoms with van der Waals surface area (Å²) >= 11 is 1.55. The molecule has 0 saturated heterocycles. The van der Waals surface area contributed by atoms with Crippen LogP contribution in [0.15, 0.2) is 5.51 Å². The van der Waals surface area contributed by atoms with Crippen LogP contribution in [0.1, 0.15) is 20.3 Å². The molecule has 0 bridgehead atoms. The Morgan fingerprint density at radius 1 is 1.57 bits per heavy atom. The molecule has 0 aliphatic carbocycles. The molecule has 1 rings (SSSR count). The number of hydrogen-bond donors (Lipinski definition) is 1. The van der Waals surface area contributed by atoms with Crippen molar-refractivity contribution in [3.05, 3.63) is 5.51 Å². The Balaban J connectivity index is 2.32. The summed E-state index contributed by atoms with van der Waals surface area (Å²) in [5, 5.41) is 8.75. The molecule has 1 atom stereocenters. The van der Waals surface area contributed by atoms with E-state index in [0.717, 1.165) is 18.1 Å². The summed E-state index contributed by atoms with van der Waals surface area (Å²) in [4.78, 5) is 2.10. The summed E-state index contributed by atoms with van der Waals surface area (Å²) in [6, 6.07) is 0.269. The van der Waals surface area contributed by atoms with E-state index in [-0.39, 0.29) is 6.04 Å². The Kier molecular flexibility index (Phi) is 4.28. The molecular formula is C9H18N4S. The summed E-state index contributed by atoms with van der Waals surface area (Å²) in [7, 11) is 2.02. The molecule has 1 aromatic rings. The van der Waals surface area contributed by atoms with Crippen LogP contribution in [-0.2, 0) is 0 Å². The molecule has 0 aliphatic rings. The summed E-state index contributed by atoms with van der Waals surface area (Å²) in [5.41, 5.74) is 7.70. The van der Waals surface area contributed by atoms with Crippen molar-refractivity contribution < 1.29 is 0 Å². The zero-order chi connectivity index (χ0) is 10.6. The molecule has 1 aromatic heterocycles. The number of rotatable bonds is 5. The van der Waals surface area contributed by atoms with Gasteiger partial charge in [-0.2, -0.15) is 0 Å². The van der Waals surface area contributed by atoms with Crippen LogP contribution in [0, 0.1) is 5.92 Å². The van der Waals surface area contributed by atoms with Gasteiger partial charge in [0.15, 0.2) is 0 Å². The molecule has 0 radical (unpaired) electrons. The molecular weight excluding hydrogens is 196 g/mol. The van der Waals surface area contributed by atoms with Gasteiger partial charge in [-0.25, -0.2) is 0 Å². The molecule has 2 N–H and O–H groups in total. The van der Waals surface area contributed by atoms with Crippen LogP contribution in [0.2, 0.25) is 0 Å². The summed E-state index contributed by atoms with van der Waals surface area (Å²) < 4.78 is 0. The SMILES string of the molecule is CC(C)C(N)CCN(C)c1nncs1. The van der Waals surface area contributed by atoms with E-state index in [2.05, 4.69) is 28.9 Å². The normalized spacial score (nSPS) is 13.2. The Hall–Kier alpha value is -0.680. The third kappa shape index (κ3) is 3.23. The van der Waals surface area contributed by atoms with Gasteiger partial charge >= 0.3 is 0 Å². The smallest absolute Gasteiger partial charge is 0.207 e. The van der Waals surface area contributed by atoms with Gasteiger partial charge in [0, 0.05) is 19.6 Å². The van der Waals surface area contributed by atoms with Crippen molar-refractivity contribution in [2.75, 3.05) is 18.5 Å². The van der Waals surface area contributed by atoms with Gasteiger partial charge in [-0.3, -0.25) is 0 Å². The lowest BCUT2D eigenvalue weighted by molar-refractivity contribution is 0.466. The molecule has 0 spiro atoms. The highest BCUT2D eigenvalue weighted by atomic mass is 32.1. The third-order valence-electron chi connectivity index (χ3n) is 2.33. The first-order valence-electron chi connectivity index (χ1n) is 4.84. The first-order chi connectivity index (χ1) is 6.61. The molecule has 4 nitrogen and oxygen atoms in total. The molecule has 0 aromatic carbocycles. The minimum Gasteiger partial charge on any atom is -0.350 e. The monoisotopic (exact) mass is 214 g/mol. The zero-order valence-electron chi connectivity index (χ0n) is 8.97. The Bertz CT molecular complexity index is 247. The van der Waals surface area contributed by atoms with E-state index >= 15 is 0 Å². The summed E-state index contributed by atoms with van der Waals surface area (Å²) in [6.07, 6.45) is 0.994. The Morgan fingerprint density at radius 2 is 2.29 bits per heavy atom. The minimum absolute atomic E-state index is 0.269. The van der Waals surface area contributed by atoms with Crippen molar-refractivity contribution in [2.24, 2.45) is 11.7 Å². The van der Waals surface area contributed by atoms with Gasteiger partial charge in [-0.1, -0.05) is 25.2 Å². The van der Waals surface area contributed by atoms with Gasteiger partial charge in [0.05, 0.1) is 0 Å². The number of nitrogens with zero attached hydrogens (tertiary/aromatic N) is 3. The van der Waals surface area contributed by atoms with Crippen molar-refractivity contribution in [1.29, 1.82) is 0 Å². The van der Waals surface area contributed by atoms with E-state index in [9.17, 15) is 0 Å². The van der Waals surface area contributed by atoms with Gasteiger partial charge in [-0.15, -0.1) is 10.2 Å². The Morgan fingerprint density at radius 3 is 2.79 bits per heavy atom. The average molecular weight is 214 g/mol. The molecule has 0 saturated carbocycles. The minimum atomic E-state index is 0.269. The highest BCUT2D eigenvalue weighted by molar-refractivity contribution is 7.13. The molecule has 0 amide bonds. The predicted octanol–water partition coefficient (Wildman–Crippen LogP) is 1.35. The second kappa shape index (κ2) is 5.26. The van der Waals surface area contributed by atoms with Crippen LogP contribution in [-0.4, -0.2) is 29.8 Å². The lowest BCUT2D eigenvalue weighted by atomic mass is 10.0. The van der Waals surface area contributed by atoms with Crippen molar-refractivity contribution in [3.8, 4) is 0 Å². The standard InChI is InChI=1S/C9H18N4S/c1-7(2)8(10)4-5-13(3)9-12-11-6-14-9/h6-8H,4-5,10H2,1-3H3. The molecule has 1 heterocycles. The van der Waals surface area contributed by atoms with E-state index < -0.39 is 0 Å². The maximum atomic E-state index is 5.96. The summed E-state index contributed by atoms with van der Waals surface area (Å²) in [5.74, 6) is 0.540. The van der Waals surface area contributed by atoms with Crippen LogP contribution in [0.25, 0.3) is 0 Å². The summed E-state index contributed by atoms with van der Waals surface area (Å²) in [6.45, 7) is 5.24. The quantitative estimate of drug-likeness (QED) is 0.804. The van der Waals surface area contributed by atoms with E-state index in [0.29, 0.717) is 5.92 Å². The number of hydrogen-bond acceptors (Lipinski definition) is 5. The number of nitrogens with two attached hydrogens (primary N) is 1. The van der Waals surface area contributed by atoms with Crippen molar-refractivity contribution >= 4 is 16.5 Å². The van der Waals surface area contributed by atoms with E-state index in [1.807, 2.05) is 7.05 Å². The average Bonchev–Trinajstić information content (AvgIpc) is 2.66. The van der Waals surface area contributed by atoms with Crippen LogP contribution in [0.5, 0.6) is 0 Å². The topological polar surface area (TPSA) is 55.0 Å². The van der Waals surface area contributed by atoms with E-state index in [1.54, 1.807) is 16.8 Å². The molecule has 14 heavy (non-hydrogen) atoms. The zero-order valence-corrected chi connectivity index (χ0v) is 9.79. The lowest BCUT2D eigenvalue weighted by Crippen LogP contribution is -2.31. The van der Waals surface area contributed by atoms with Crippen LogP contribution in [0.3, 0.4) is 0 Å².